The number of aryl methyl sites for hydroxylation is 3. The molecule has 0 bridgehead atoms. The zero-order valence-electron chi connectivity index (χ0n) is 19.1. The number of rotatable bonds is 9. The fourth-order valence-corrected chi connectivity index (χ4v) is 4.97. The zero-order valence-corrected chi connectivity index (χ0v) is 21.5. The van der Waals surface area contributed by atoms with E-state index in [4.69, 9.17) is 4.74 Å². The van der Waals surface area contributed by atoms with Gasteiger partial charge in [-0.3, -0.25) is 4.79 Å². The van der Waals surface area contributed by atoms with E-state index in [-0.39, 0.29) is 17.8 Å². The van der Waals surface area contributed by atoms with Crippen molar-refractivity contribution in [3.05, 3.63) is 63.4 Å². The molecule has 0 spiro atoms. The van der Waals surface area contributed by atoms with Crippen molar-refractivity contribution in [2.75, 3.05) is 11.1 Å². The van der Waals surface area contributed by atoms with Crippen LogP contribution in [-0.2, 0) is 17.8 Å². The summed E-state index contributed by atoms with van der Waals surface area (Å²) in [7, 11) is 0. The second-order valence-corrected chi connectivity index (χ2v) is 9.45. The summed E-state index contributed by atoms with van der Waals surface area (Å²) in [5.41, 5.74) is 4.17. The van der Waals surface area contributed by atoms with E-state index in [2.05, 4.69) is 50.5 Å². The van der Waals surface area contributed by atoms with Crippen LogP contribution < -0.4 is 10.1 Å². The molecule has 1 atom stereocenters. The molecular weight excluding hydrogens is 488 g/mol. The van der Waals surface area contributed by atoms with Crippen molar-refractivity contribution in [3.63, 3.8) is 0 Å². The summed E-state index contributed by atoms with van der Waals surface area (Å²) in [6.45, 7) is 10.8. The zero-order chi connectivity index (χ0) is 23.3. The van der Waals surface area contributed by atoms with Crippen molar-refractivity contribution in [3.8, 4) is 5.75 Å². The first-order valence-corrected chi connectivity index (χ1v) is 12.5. The first-order chi connectivity index (χ1) is 15.3. The van der Waals surface area contributed by atoms with Crippen LogP contribution in [0.15, 0.2) is 46.0 Å². The van der Waals surface area contributed by atoms with Gasteiger partial charge < -0.3 is 14.6 Å². The fourth-order valence-electron chi connectivity index (χ4n) is 3.48. The van der Waals surface area contributed by atoms with Gasteiger partial charge in [-0.2, -0.15) is 0 Å². The number of amides is 1. The second-order valence-electron chi connectivity index (χ2n) is 7.59. The SMILES string of the molecule is CCc1ccc(O[C@@H](C)c2nnc(SCC(=O)Nc3c(C)cc(Br)cc3C)n2CC)cc1. The van der Waals surface area contributed by atoms with Gasteiger partial charge in [-0.05, 0) is 75.1 Å². The Morgan fingerprint density at radius 2 is 1.81 bits per heavy atom. The van der Waals surface area contributed by atoms with Crippen molar-refractivity contribution >= 4 is 39.3 Å². The van der Waals surface area contributed by atoms with Crippen LogP contribution in [0.2, 0.25) is 0 Å². The van der Waals surface area contributed by atoms with Gasteiger partial charge in [0.1, 0.15) is 5.75 Å². The van der Waals surface area contributed by atoms with Crippen LogP contribution >= 0.6 is 27.7 Å². The van der Waals surface area contributed by atoms with Gasteiger partial charge in [-0.1, -0.05) is 46.7 Å². The molecule has 0 aliphatic heterocycles. The van der Waals surface area contributed by atoms with Crippen molar-refractivity contribution in [2.24, 2.45) is 0 Å². The van der Waals surface area contributed by atoms with E-state index in [9.17, 15) is 4.79 Å². The molecule has 0 unspecified atom stereocenters. The number of carbonyl (C=O) groups excluding carboxylic acids is 1. The van der Waals surface area contributed by atoms with Crippen LogP contribution in [-0.4, -0.2) is 26.4 Å². The maximum absolute atomic E-state index is 12.6. The third kappa shape index (κ3) is 5.92. The first kappa shape index (κ1) is 24.3. The molecule has 170 valence electrons. The standard InChI is InChI=1S/C24H29BrN4O2S/c1-6-18-8-10-20(11-9-18)31-17(5)23-27-28-24(29(23)7-2)32-14-21(30)26-22-15(3)12-19(25)13-16(22)4/h8-13,17H,6-7,14H2,1-5H3,(H,26,30)/t17-/m0/s1. The molecule has 2 aromatic carbocycles. The quantitative estimate of drug-likeness (QED) is 0.347. The van der Waals surface area contributed by atoms with Crippen LogP contribution in [0.4, 0.5) is 5.69 Å². The summed E-state index contributed by atoms with van der Waals surface area (Å²) in [4.78, 5) is 12.6. The second kappa shape index (κ2) is 11.0. The Morgan fingerprint density at radius 1 is 1.16 bits per heavy atom. The third-order valence-corrected chi connectivity index (χ3v) is 6.59. The third-order valence-electron chi connectivity index (χ3n) is 5.16. The molecule has 1 heterocycles. The van der Waals surface area contributed by atoms with Gasteiger partial charge in [0.15, 0.2) is 17.1 Å². The molecule has 0 radical (unpaired) electrons. The lowest BCUT2D eigenvalue weighted by molar-refractivity contribution is -0.113. The molecular formula is C24H29BrN4O2S. The number of thioether (sulfide) groups is 1. The van der Waals surface area contributed by atoms with Gasteiger partial charge in [0.2, 0.25) is 5.91 Å². The number of nitrogens with zero attached hydrogens (tertiary/aromatic N) is 3. The highest BCUT2D eigenvalue weighted by molar-refractivity contribution is 9.10. The monoisotopic (exact) mass is 516 g/mol. The Balaban J connectivity index is 1.64. The number of hydrogen-bond acceptors (Lipinski definition) is 5. The fraction of sp³-hybridized carbons (Fsp3) is 0.375. The smallest absolute Gasteiger partial charge is 0.234 e. The minimum atomic E-state index is -0.258. The minimum absolute atomic E-state index is 0.0731. The molecule has 6 nitrogen and oxygen atoms in total. The minimum Gasteiger partial charge on any atom is -0.483 e. The number of carbonyl (C=O) groups is 1. The van der Waals surface area contributed by atoms with Crippen molar-refractivity contribution in [2.45, 2.75) is 58.8 Å². The highest BCUT2D eigenvalue weighted by Gasteiger charge is 2.20. The van der Waals surface area contributed by atoms with Gasteiger partial charge in [0, 0.05) is 16.7 Å². The predicted molar refractivity (Wildman–Crippen MR) is 134 cm³/mol. The van der Waals surface area contributed by atoms with E-state index in [0.29, 0.717) is 11.7 Å². The van der Waals surface area contributed by atoms with E-state index in [1.807, 2.05) is 56.5 Å². The van der Waals surface area contributed by atoms with E-state index >= 15 is 0 Å². The highest BCUT2D eigenvalue weighted by atomic mass is 79.9. The van der Waals surface area contributed by atoms with E-state index in [1.165, 1.54) is 17.3 Å². The summed E-state index contributed by atoms with van der Waals surface area (Å²) in [6, 6.07) is 12.1. The Hall–Kier alpha value is -2.32. The molecule has 1 N–H and O–H groups in total. The maximum atomic E-state index is 12.6. The molecule has 3 rings (SSSR count). The van der Waals surface area contributed by atoms with Gasteiger partial charge in [0.25, 0.3) is 0 Å². The molecule has 0 aliphatic carbocycles. The highest BCUT2D eigenvalue weighted by Crippen LogP contribution is 2.27. The van der Waals surface area contributed by atoms with Crippen LogP contribution in [0.25, 0.3) is 0 Å². The molecule has 3 aromatic rings. The number of halogens is 1. The lowest BCUT2D eigenvalue weighted by Crippen LogP contribution is -2.16. The lowest BCUT2D eigenvalue weighted by atomic mass is 10.1. The summed E-state index contributed by atoms with van der Waals surface area (Å²) in [5, 5.41) is 12.4. The molecule has 0 fully saturated rings. The first-order valence-electron chi connectivity index (χ1n) is 10.7. The van der Waals surface area contributed by atoms with Crippen LogP contribution in [0.5, 0.6) is 5.75 Å². The topological polar surface area (TPSA) is 69.0 Å². The van der Waals surface area contributed by atoms with Crippen LogP contribution in [0.1, 0.15) is 49.4 Å². The molecule has 8 heteroatoms. The van der Waals surface area contributed by atoms with Crippen molar-refractivity contribution in [1.29, 1.82) is 0 Å². The van der Waals surface area contributed by atoms with Crippen molar-refractivity contribution < 1.29 is 9.53 Å². The summed E-state index contributed by atoms with van der Waals surface area (Å²) in [5.74, 6) is 1.72. The predicted octanol–water partition coefficient (Wildman–Crippen LogP) is 6.11. The molecule has 32 heavy (non-hydrogen) atoms. The van der Waals surface area contributed by atoms with Crippen LogP contribution in [0.3, 0.4) is 0 Å². The molecule has 0 saturated heterocycles. The number of benzene rings is 2. The van der Waals surface area contributed by atoms with Gasteiger partial charge in [0.05, 0.1) is 5.75 Å². The van der Waals surface area contributed by atoms with E-state index < -0.39 is 0 Å². The van der Waals surface area contributed by atoms with Gasteiger partial charge in [-0.15, -0.1) is 10.2 Å². The van der Waals surface area contributed by atoms with Gasteiger partial charge >= 0.3 is 0 Å². The lowest BCUT2D eigenvalue weighted by Gasteiger charge is -2.16. The molecule has 0 aliphatic rings. The Kier molecular flexibility index (Phi) is 8.37. The Labute approximate surface area is 202 Å². The van der Waals surface area contributed by atoms with Crippen LogP contribution in [0, 0.1) is 13.8 Å². The average molecular weight is 517 g/mol. The molecule has 1 aromatic heterocycles. The Morgan fingerprint density at radius 3 is 2.41 bits per heavy atom. The maximum Gasteiger partial charge on any atom is 0.234 e. The number of ether oxygens (including phenoxy) is 1. The summed E-state index contributed by atoms with van der Waals surface area (Å²) in [6.07, 6.45) is 0.737. The molecule has 1 amide bonds. The summed E-state index contributed by atoms with van der Waals surface area (Å²) < 4.78 is 9.08. The van der Waals surface area contributed by atoms with Crippen molar-refractivity contribution in [1.82, 2.24) is 14.8 Å². The number of hydrogen-bond donors (Lipinski definition) is 1. The van der Waals surface area contributed by atoms with E-state index in [1.54, 1.807) is 0 Å². The van der Waals surface area contributed by atoms with Gasteiger partial charge in [-0.25, -0.2) is 0 Å². The Bertz CT molecular complexity index is 1060. The van der Waals surface area contributed by atoms with E-state index in [0.717, 1.165) is 39.3 Å². The number of nitrogens with one attached hydrogen (secondary N) is 1. The molecule has 0 saturated carbocycles. The summed E-state index contributed by atoms with van der Waals surface area (Å²) >= 11 is 4.86. The largest absolute Gasteiger partial charge is 0.483 e. The normalized spacial score (nSPS) is 11.9. The average Bonchev–Trinajstić information content (AvgIpc) is 3.18. The number of anilines is 1. The number of aromatic nitrogens is 3.